The molecule has 0 N–H and O–H groups in total. The van der Waals surface area contributed by atoms with E-state index < -0.39 is 0 Å². The van der Waals surface area contributed by atoms with Crippen LogP contribution in [0.15, 0.2) is 30.5 Å². The van der Waals surface area contributed by atoms with E-state index in [9.17, 15) is 4.79 Å². The van der Waals surface area contributed by atoms with Crippen LogP contribution in [0.25, 0.3) is 0 Å². The monoisotopic (exact) mass is 320 g/mol. The molecule has 0 atom stereocenters. The highest BCUT2D eigenvalue weighted by molar-refractivity contribution is 7.11. The van der Waals surface area contributed by atoms with Gasteiger partial charge in [0.15, 0.2) is 0 Å². The van der Waals surface area contributed by atoms with E-state index in [1.54, 1.807) is 11.3 Å². The quantitative estimate of drug-likeness (QED) is 0.844. The van der Waals surface area contributed by atoms with Crippen LogP contribution in [0.2, 0.25) is 5.02 Å². The van der Waals surface area contributed by atoms with E-state index in [-0.39, 0.29) is 5.91 Å². The molecule has 21 heavy (non-hydrogen) atoms. The molecule has 1 aliphatic heterocycles. The molecule has 2 aromatic rings. The predicted octanol–water partition coefficient (Wildman–Crippen LogP) is 3.55. The van der Waals surface area contributed by atoms with E-state index >= 15 is 0 Å². The molecular weight excluding hydrogens is 304 g/mol. The van der Waals surface area contributed by atoms with Crippen LogP contribution in [-0.2, 0) is 17.6 Å². The molecule has 0 radical (unpaired) electrons. The smallest absolute Gasteiger partial charge is 0.222 e. The fraction of sp³-hybridized carbons (Fsp3) is 0.375. The third-order valence-corrected chi connectivity index (χ3v) is 5.12. The van der Waals surface area contributed by atoms with E-state index in [1.165, 1.54) is 4.88 Å². The zero-order valence-electron chi connectivity index (χ0n) is 11.7. The molecule has 0 unspecified atom stereocenters. The lowest BCUT2D eigenvalue weighted by Crippen LogP contribution is -2.26. The van der Waals surface area contributed by atoms with Crippen LogP contribution in [0.3, 0.4) is 0 Å². The fourth-order valence-electron chi connectivity index (χ4n) is 2.55. The van der Waals surface area contributed by atoms with Gasteiger partial charge in [-0.15, -0.1) is 11.3 Å². The molecule has 1 aromatic heterocycles. The van der Waals surface area contributed by atoms with Crippen molar-refractivity contribution in [3.05, 3.63) is 50.9 Å². The summed E-state index contributed by atoms with van der Waals surface area (Å²) in [6.07, 6.45) is 5.29. The van der Waals surface area contributed by atoms with Gasteiger partial charge in [-0.2, -0.15) is 0 Å². The van der Waals surface area contributed by atoms with Gasteiger partial charge in [0.2, 0.25) is 5.91 Å². The van der Waals surface area contributed by atoms with Gasteiger partial charge in [-0.3, -0.25) is 4.79 Å². The summed E-state index contributed by atoms with van der Waals surface area (Å²) in [5.41, 5.74) is 1.13. The first kappa shape index (κ1) is 14.5. The fourth-order valence-corrected chi connectivity index (χ4v) is 3.68. The zero-order chi connectivity index (χ0) is 14.7. The lowest BCUT2D eigenvalue weighted by atomic mass is 10.1. The summed E-state index contributed by atoms with van der Waals surface area (Å²) in [7, 11) is 0. The average molecular weight is 321 g/mol. The summed E-state index contributed by atoms with van der Waals surface area (Å²) in [5, 5.41) is 1.90. The van der Waals surface area contributed by atoms with Gasteiger partial charge in [0.25, 0.3) is 0 Å². The summed E-state index contributed by atoms with van der Waals surface area (Å²) in [4.78, 5) is 19.2. The Bertz CT molecular complexity index is 641. The lowest BCUT2D eigenvalue weighted by Gasteiger charge is -2.13. The molecule has 1 aromatic carbocycles. The largest absolute Gasteiger partial charge is 0.342 e. The Hall–Kier alpha value is -1.39. The second-order valence-electron chi connectivity index (χ2n) is 5.22. The van der Waals surface area contributed by atoms with Crippen LogP contribution >= 0.6 is 22.9 Å². The van der Waals surface area contributed by atoms with Crippen molar-refractivity contribution in [1.82, 2.24) is 9.88 Å². The number of hydrogen-bond acceptors (Lipinski definition) is 3. The molecule has 1 aliphatic rings. The summed E-state index contributed by atoms with van der Waals surface area (Å²) < 4.78 is 0. The van der Waals surface area contributed by atoms with Crippen molar-refractivity contribution >= 4 is 28.8 Å². The van der Waals surface area contributed by atoms with E-state index in [0.29, 0.717) is 6.42 Å². The summed E-state index contributed by atoms with van der Waals surface area (Å²) in [6.45, 7) is 1.69. The molecular formula is C16H17ClN2OS. The number of aromatic nitrogens is 1. The van der Waals surface area contributed by atoms with Gasteiger partial charge < -0.3 is 4.90 Å². The van der Waals surface area contributed by atoms with Crippen molar-refractivity contribution in [3.63, 3.8) is 0 Å². The van der Waals surface area contributed by atoms with E-state index in [0.717, 1.165) is 47.9 Å². The number of amides is 1. The van der Waals surface area contributed by atoms with Gasteiger partial charge in [0.05, 0.1) is 5.01 Å². The molecule has 1 fully saturated rings. The number of nitrogens with zero attached hydrogens (tertiary/aromatic N) is 2. The Morgan fingerprint density at radius 1 is 1.33 bits per heavy atom. The Kier molecular flexibility index (Phi) is 4.56. The highest BCUT2D eigenvalue weighted by atomic mass is 35.5. The van der Waals surface area contributed by atoms with Gasteiger partial charge in [-0.05, 0) is 18.1 Å². The SMILES string of the molecule is O=C1CCCN1CCc1ncc(Cc2ccccc2Cl)s1. The number of likely N-dealkylation sites (tertiary alicyclic amines) is 1. The number of thiazole rings is 1. The number of hydrogen-bond donors (Lipinski definition) is 0. The minimum absolute atomic E-state index is 0.280. The Balaban J connectivity index is 1.59. The third-order valence-electron chi connectivity index (χ3n) is 3.69. The van der Waals surface area contributed by atoms with E-state index in [4.69, 9.17) is 11.6 Å². The molecule has 1 amide bonds. The molecule has 3 nitrogen and oxygen atoms in total. The maximum atomic E-state index is 11.6. The van der Waals surface area contributed by atoms with E-state index in [2.05, 4.69) is 4.98 Å². The van der Waals surface area contributed by atoms with Crippen LogP contribution in [-0.4, -0.2) is 28.9 Å². The molecule has 0 spiro atoms. The lowest BCUT2D eigenvalue weighted by molar-refractivity contribution is -0.127. The molecule has 0 saturated carbocycles. The maximum Gasteiger partial charge on any atom is 0.222 e. The second-order valence-corrected chi connectivity index (χ2v) is 6.83. The van der Waals surface area contributed by atoms with Crippen LogP contribution in [0.4, 0.5) is 0 Å². The van der Waals surface area contributed by atoms with Crippen LogP contribution in [0.1, 0.15) is 28.3 Å². The average Bonchev–Trinajstić information content (AvgIpc) is 3.08. The minimum Gasteiger partial charge on any atom is -0.342 e. The summed E-state index contributed by atoms with van der Waals surface area (Å²) in [6, 6.07) is 7.90. The summed E-state index contributed by atoms with van der Waals surface area (Å²) in [5.74, 6) is 0.280. The van der Waals surface area contributed by atoms with Crippen molar-refractivity contribution in [2.75, 3.05) is 13.1 Å². The van der Waals surface area contributed by atoms with Crippen LogP contribution in [0.5, 0.6) is 0 Å². The Morgan fingerprint density at radius 2 is 2.19 bits per heavy atom. The first-order chi connectivity index (χ1) is 10.2. The Morgan fingerprint density at radius 3 is 2.95 bits per heavy atom. The maximum absolute atomic E-state index is 11.6. The van der Waals surface area contributed by atoms with Gasteiger partial charge in [0.1, 0.15) is 0 Å². The van der Waals surface area contributed by atoms with Crippen molar-refractivity contribution in [3.8, 4) is 0 Å². The number of rotatable bonds is 5. The van der Waals surface area contributed by atoms with Gasteiger partial charge in [0, 0.05) is 48.4 Å². The van der Waals surface area contributed by atoms with Gasteiger partial charge in [-0.1, -0.05) is 29.8 Å². The highest BCUT2D eigenvalue weighted by Gasteiger charge is 2.19. The van der Waals surface area contributed by atoms with Crippen molar-refractivity contribution < 1.29 is 4.79 Å². The molecule has 1 saturated heterocycles. The normalized spacial score (nSPS) is 14.9. The number of benzene rings is 1. The van der Waals surface area contributed by atoms with Crippen LogP contribution in [0, 0.1) is 0 Å². The summed E-state index contributed by atoms with van der Waals surface area (Å²) >= 11 is 7.90. The molecule has 110 valence electrons. The second kappa shape index (κ2) is 6.58. The molecule has 0 bridgehead atoms. The van der Waals surface area contributed by atoms with E-state index in [1.807, 2.05) is 35.4 Å². The molecule has 5 heteroatoms. The highest BCUT2D eigenvalue weighted by Crippen LogP contribution is 2.23. The van der Waals surface area contributed by atoms with Crippen molar-refractivity contribution in [2.45, 2.75) is 25.7 Å². The standard InChI is InChI=1S/C16H17ClN2OS/c17-14-5-2-1-4-12(14)10-13-11-18-15(21-13)7-9-19-8-3-6-16(19)20/h1-2,4-5,11H,3,6-10H2. The molecule has 2 heterocycles. The van der Waals surface area contributed by atoms with Gasteiger partial charge >= 0.3 is 0 Å². The minimum atomic E-state index is 0.280. The third kappa shape index (κ3) is 3.63. The number of carbonyl (C=O) groups is 1. The molecule has 0 aliphatic carbocycles. The first-order valence-corrected chi connectivity index (χ1v) is 8.36. The number of carbonyl (C=O) groups excluding carboxylic acids is 1. The topological polar surface area (TPSA) is 33.2 Å². The van der Waals surface area contributed by atoms with Crippen molar-refractivity contribution in [1.29, 1.82) is 0 Å². The zero-order valence-corrected chi connectivity index (χ0v) is 13.3. The van der Waals surface area contributed by atoms with Crippen LogP contribution < -0.4 is 0 Å². The predicted molar refractivity (Wildman–Crippen MR) is 85.9 cm³/mol. The molecule has 3 rings (SSSR count). The number of halogens is 1. The Labute approximate surface area is 133 Å². The van der Waals surface area contributed by atoms with Gasteiger partial charge in [-0.25, -0.2) is 4.98 Å². The first-order valence-electron chi connectivity index (χ1n) is 7.17. The van der Waals surface area contributed by atoms with Crippen molar-refractivity contribution in [2.24, 2.45) is 0 Å².